The molecule has 0 radical (unpaired) electrons. The van der Waals surface area contributed by atoms with E-state index >= 15 is 0 Å². The number of hydrogen-bond acceptors (Lipinski definition) is 4. The Bertz CT molecular complexity index is 1460. The van der Waals surface area contributed by atoms with E-state index in [2.05, 4.69) is 27.5 Å². The molecule has 3 atom stereocenters. The van der Waals surface area contributed by atoms with Crippen molar-refractivity contribution < 1.29 is 22.7 Å². The summed E-state index contributed by atoms with van der Waals surface area (Å²) in [5.41, 5.74) is 2.19. The first kappa shape index (κ1) is 25.4. The molecule has 0 spiro atoms. The molecular formula is C30H29F3N4O2. The second-order valence-electron chi connectivity index (χ2n) is 10.5. The van der Waals surface area contributed by atoms with Crippen LogP contribution in [0.3, 0.4) is 0 Å². The van der Waals surface area contributed by atoms with E-state index in [9.17, 15) is 18.0 Å². The van der Waals surface area contributed by atoms with Crippen LogP contribution in [0.2, 0.25) is 0 Å². The van der Waals surface area contributed by atoms with Crippen molar-refractivity contribution in [2.75, 3.05) is 7.05 Å². The van der Waals surface area contributed by atoms with Crippen LogP contribution in [0.1, 0.15) is 47.6 Å². The summed E-state index contributed by atoms with van der Waals surface area (Å²) in [6.07, 6.45) is 0.0866. The van der Waals surface area contributed by atoms with Crippen LogP contribution in [0.5, 0.6) is 5.75 Å². The van der Waals surface area contributed by atoms with Gasteiger partial charge in [-0.15, -0.1) is 0 Å². The number of H-pyrrole nitrogens is 1. The lowest BCUT2D eigenvalue weighted by Gasteiger charge is -2.36. The van der Waals surface area contributed by atoms with E-state index in [1.165, 1.54) is 43.2 Å². The molecule has 0 saturated carbocycles. The van der Waals surface area contributed by atoms with Gasteiger partial charge in [-0.1, -0.05) is 30.3 Å². The van der Waals surface area contributed by atoms with Crippen LogP contribution in [0, 0.1) is 0 Å². The van der Waals surface area contributed by atoms with E-state index in [-0.39, 0.29) is 17.2 Å². The van der Waals surface area contributed by atoms with Crippen LogP contribution in [-0.2, 0) is 0 Å². The highest BCUT2D eigenvalue weighted by Crippen LogP contribution is 2.37. The quantitative estimate of drug-likeness (QED) is 0.306. The molecule has 3 aromatic carbocycles. The molecule has 39 heavy (non-hydrogen) atoms. The minimum Gasteiger partial charge on any atom is -0.490 e. The van der Waals surface area contributed by atoms with Crippen LogP contribution >= 0.6 is 0 Å². The standard InChI is InChI=1S/C30H29F3N4O2/c1-37-21-10-11-22(37)17-24(16-21)39-23-12-7-18(8-13-23)27-25-15-20(9-14-26(25)35-36-27)29(38)34-28(30(31,32)33)19-5-3-2-4-6-19/h2-9,12-15,21-22,24,28H,10-11,16-17H2,1H3,(H,34,38)(H,35,36). The van der Waals surface area contributed by atoms with Gasteiger partial charge in [-0.05, 0) is 80.8 Å². The number of halogens is 3. The van der Waals surface area contributed by atoms with Crippen LogP contribution < -0.4 is 10.1 Å². The van der Waals surface area contributed by atoms with E-state index in [1.807, 2.05) is 24.3 Å². The largest absolute Gasteiger partial charge is 0.490 e. The van der Waals surface area contributed by atoms with Gasteiger partial charge < -0.3 is 15.0 Å². The molecule has 0 aliphatic carbocycles. The van der Waals surface area contributed by atoms with Crippen LogP contribution in [0.15, 0.2) is 72.8 Å². The van der Waals surface area contributed by atoms with Gasteiger partial charge >= 0.3 is 6.18 Å². The van der Waals surface area contributed by atoms with Crippen molar-refractivity contribution in [1.29, 1.82) is 0 Å². The minimum atomic E-state index is -4.64. The fourth-order valence-electron chi connectivity index (χ4n) is 5.93. The fraction of sp³-hybridized carbons (Fsp3) is 0.333. The molecule has 2 aliphatic heterocycles. The second kappa shape index (κ2) is 10.0. The fourth-order valence-corrected chi connectivity index (χ4v) is 5.93. The van der Waals surface area contributed by atoms with Gasteiger partial charge in [0.25, 0.3) is 5.91 Å². The molecule has 4 aromatic rings. The number of aromatic nitrogens is 2. The Hall–Kier alpha value is -3.85. The Balaban J connectivity index is 1.20. The Labute approximate surface area is 224 Å². The lowest BCUT2D eigenvalue weighted by atomic mass is 10.0. The van der Waals surface area contributed by atoms with E-state index in [1.54, 1.807) is 18.2 Å². The van der Waals surface area contributed by atoms with Crippen LogP contribution in [0.25, 0.3) is 22.2 Å². The third-order valence-electron chi connectivity index (χ3n) is 8.05. The molecule has 2 saturated heterocycles. The number of nitrogens with one attached hydrogen (secondary N) is 2. The van der Waals surface area contributed by atoms with Crippen LogP contribution in [0.4, 0.5) is 13.2 Å². The molecule has 3 unspecified atom stereocenters. The summed E-state index contributed by atoms with van der Waals surface area (Å²) in [7, 11) is 2.20. The zero-order valence-corrected chi connectivity index (χ0v) is 21.4. The average Bonchev–Trinajstić information content (AvgIpc) is 3.42. The molecule has 6 nitrogen and oxygen atoms in total. The van der Waals surface area contributed by atoms with Gasteiger partial charge in [-0.2, -0.15) is 18.3 Å². The Morgan fingerprint density at radius 3 is 2.38 bits per heavy atom. The Kier molecular flexibility index (Phi) is 6.54. The summed E-state index contributed by atoms with van der Waals surface area (Å²) < 4.78 is 47.6. The first-order valence-electron chi connectivity index (χ1n) is 13.2. The van der Waals surface area contributed by atoms with E-state index in [4.69, 9.17) is 4.74 Å². The number of ether oxygens (including phenoxy) is 1. The molecule has 2 bridgehead atoms. The molecule has 2 fully saturated rings. The van der Waals surface area contributed by atoms with Crippen molar-refractivity contribution in [2.24, 2.45) is 0 Å². The number of amides is 1. The number of rotatable bonds is 6. The summed E-state index contributed by atoms with van der Waals surface area (Å²) in [5, 5.41) is 10.2. The van der Waals surface area contributed by atoms with Gasteiger partial charge in [0.1, 0.15) is 11.9 Å². The van der Waals surface area contributed by atoms with Crippen LogP contribution in [-0.4, -0.2) is 52.4 Å². The van der Waals surface area contributed by atoms with Crippen molar-refractivity contribution in [3.8, 4) is 17.0 Å². The van der Waals surface area contributed by atoms with Gasteiger partial charge in [-0.25, -0.2) is 0 Å². The zero-order valence-electron chi connectivity index (χ0n) is 21.4. The smallest absolute Gasteiger partial charge is 0.412 e. The van der Waals surface area contributed by atoms with Gasteiger partial charge in [-0.3, -0.25) is 9.89 Å². The summed E-state index contributed by atoms with van der Waals surface area (Å²) in [6.45, 7) is 0. The number of hydrogen-bond donors (Lipinski definition) is 2. The SMILES string of the molecule is CN1C2CCC1CC(Oc1ccc(-c3n[nH]c4ccc(C(=O)NC(c5ccccc5)C(F)(F)F)cc34)cc1)C2. The lowest BCUT2D eigenvalue weighted by Crippen LogP contribution is -2.43. The molecule has 1 amide bonds. The highest BCUT2D eigenvalue weighted by atomic mass is 19.4. The lowest BCUT2D eigenvalue weighted by molar-refractivity contribution is -0.155. The molecule has 6 rings (SSSR count). The van der Waals surface area contributed by atoms with Gasteiger partial charge in [0.15, 0.2) is 6.04 Å². The van der Waals surface area contributed by atoms with Gasteiger partial charge in [0.05, 0.1) is 11.2 Å². The van der Waals surface area contributed by atoms with Gasteiger partial charge in [0.2, 0.25) is 0 Å². The van der Waals surface area contributed by atoms with Gasteiger partial charge in [0, 0.05) is 28.6 Å². The third-order valence-corrected chi connectivity index (χ3v) is 8.05. The first-order valence-corrected chi connectivity index (χ1v) is 13.2. The van der Waals surface area contributed by atoms with E-state index in [0.717, 1.165) is 24.2 Å². The molecule has 1 aromatic heterocycles. The third kappa shape index (κ3) is 5.11. The summed E-state index contributed by atoms with van der Waals surface area (Å²) >= 11 is 0. The van der Waals surface area contributed by atoms with Crippen molar-refractivity contribution in [1.82, 2.24) is 20.4 Å². The number of fused-ring (bicyclic) bond motifs is 3. The topological polar surface area (TPSA) is 70.2 Å². The predicted molar refractivity (Wildman–Crippen MR) is 142 cm³/mol. The Morgan fingerprint density at radius 1 is 1.03 bits per heavy atom. The predicted octanol–water partition coefficient (Wildman–Crippen LogP) is 6.27. The maximum atomic E-state index is 13.8. The number of benzene rings is 3. The number of carbonyl (C=O) groups is 1. The average molecular weight is 535 g/mol. The Morgan fingerprint density at radius 2 is 1.72 bits per heavy atom. The van der Waals surface area contributed by atoms with E-state index < -0.39 is 18.1 Å². The summed E-state index contributed by atoms with van der Waals surface area (Å²) in [5.74, 6) is -0.0159. The maximum Gasteiger partial charge on any atom is 0.412 e. The zero-order chi connectivity index (χ0) is 27.1. The number of aromatic amines is 1. The summed E-state index contributed by atoms with van der Waals surface area (Å²) in [6, 6.07) is 18.8. The van der Waals surface area contributed by atoms with Crippen molar-refractivity contribution in [3.05, 3.63) is 83.9 Å². The number of alkyl halides is 3. The van der Waals surface area contributed by atoms with E-state index in [0.29, 0.717) is 28.7 Å². The molecule has 9 heteroatoms. The molecule has 3 heterocycles. The highest BCUT2D eigenvalue weighted by Gasteiger charge is 2.42. The molecule has 2 N–H and O–H groups in total. The number of nitrogens with zero attached hydrogens (tertiary/aromatic N) is 2. The number of piperidine rings is 1. The second-order valence-corrected chi connectivity index (χ2v) is 10.5. The first-order chi connectivity index (χ1) is 18.8. The maximum absolute atomic E-state index is 13.8. The van der Waals surface area contributed by atoms with Crippen molar-refractivity contribution in [3.63, 3.8) is 0 Å². The minimum absolute atomic E-state index is 0.0290. The molecular weight excluding hydrogens is 505 g/mol. The summed E-state index contributed by atoms with van der Waals surface area (Å²) in [4.78, 5) is 15.4. The number of carbonyl (C=O) groups excluding carboxylic acids is 1. The monoisotopic (exact) mass is 534 g/mol. The highest BCUT2D eigenvalue weighted by molar-refractivity contribution is 6.01. The molecule has 202 valence electrons. The molecule has 2 aliphatic rings. The van der Waals surface area contributed by atoms with Crippen molar-refractivity contribution >= 4 is 16.8 Å². The van der Waals surface area contributed by atoms with Crippen molar-refractivity contribution in [2.45, 2.75) is 56.1 Å². The normalized spacial score (nSPS) is 22.1.